The van der Waals surface area contributed by atoms with E-state index in [9.17, 15) is 18.0 Å². The minimum atomic E-state index is -3.93. The fourth-order valence-electron chi connectivity index (χ4n) is 5.66. The van der Waals surface area contributed by atoms with Crippen LogP contribution in [0.3, 0.4) is 0 Å². The topological polar surface area (TPSA) is 141 Å². The molecule has 46 heavy (non-hydrogen) atoms. The molecule has 1 N–H and O–H groups in total. The van der Waals surface area contributed by atoms with E-state index < -0.39 is 26.8 Å². The summed E-state index contributed by atoms with van der Waals surface area (Å²) in [4.78, 5) is 42.9. The van der Waals surface area contributed by atoms with Gasteiger partial charge in [-0.3, -0.25) is 14.6 Å². The van der Waals surface area contributed by atoms with Crippen molar-refractivity contribution in [2.45, 2.75) is 43.1 Å². The Kier molecular flexibility index (Phi) is 9.73. The third kappa shape index (κ3) is 7.12. The summed E-state index contributed by atoms with van der Waals surface area (Å²) in [6.07, 6.45) is 11.0. The number of nitrogens with one attached hydrogen (secondary N) is 1. The Morgan fingerprint density at radius 2 is 1.85 bits per heavy atom. The van der Waals surface area contributed by atoms with Crippen molar-refractivity contribution < 1.29 is 32.0 Å². The largest absolute Gasteiger partial charge is 0.444 e. The van der Waals surface area contributed by atoms with Gasteiger partial charge < -0.3 is 14.1 Å². The molecule has 0 saturated carbocycles. The van der Waals surface area contributed by atoms with E-state index in [0.717, 1.165) is 34.4 Å². The molecule has 2 saturated heterocycles. The Morgan fingerprint density at radius 1 is 1.04 bits per heavy atom. The highest BCUT2D eigenvalue weighted by molar-refractivity contribution is 7.92. The van der Waals surface area contributed by atoms with Gasteiger partial charge in [0, 0.05) is 59.9 Å². The van der Waals surface area contributed by atoms with Crippen molar-refractivity contribution in [3.05, 3.63) is 90.0 Å². The summed E-state index contributed by atoms with van der Waals surface area (Å²) in [6, 6.07) is 14.9. The second-order valence-corrected chi connectivity index (χ2v) is 14.7. The lowest BCUT2D eigenvalue weighted by Gasteiger charge is -2.31. The third-order valence-electron chi connectivity index (χ3n) is 8.28. The molecule has 0 bridgehead atoms. The average molecular weight is 663 g/mol. The molecule has 240 valence electrons. The normalized spacial score (nSPS) is 21.6. The third-order valence-corrected chi connectivity index (χ3v) is 12.2. The van der Waals surface area contributed by atoms with E-state index in [4.69, 9.17) is 14.0 Å². The van der Waals surface area contributed by atoms with Crippen LogP contribution in [-0.4, -0.2) is 66.8 Å². The highest BCUT2D eigenvalue weighted by atomic mass is 32.2. The number of hydroxylamine groups is 1. The molecule has 13 heteroatoms. The lowest BCUT2D eigenvalue weighted by molar-refractivity contribution is -0.200. The number of thiophene rings is 1. The summed E-state index contributed by atoms with van der Waals surface area (Å²) >= 11 is 1.33. The van der Waals surface area contributed by atoms with Crippen LogP contribution >= 0.6 is 11.3 Å². The van der Waals surface area contributed by atoms with Crippen molar-refractivity contribution in [1.82, 2.24) is 20.3 Å². The molecule has 6 rings (SSSR count). The summed E-state index contributed by atoms with van der Waals surface area (Å²) in [7, 11) is -3.93. The molecule has 4 aromatic rings. The first-order valence-corrected chi connectivity index (χ1v) is 17.5. The molecule has 2 amide bonds. The van der Waals surface area contributed by atoms with Crippen molar-refractivity contribution in [2.75, 3.05) is 25.4 Å². The Morgan fingerprint density at radius 3 is 2.59 bits per heavy atom. The molecule has 0 spiro atoms. The van der Waals surface area contributed by atoms with E-state index in [1.807, 2.05) is 30.3 Å². The zero-order valence-electron chi connectivity index (χ0n) is 25.0. The first-order valence-electron chi connectivity index (χ1n) is 15.1. The Bertz CT molecular complexity index is 1770. The van der Waals surface area contributed by atoms with Crippen LogP contribution in [0, 0.1) is 0 Å². The zero-order chi connectivity index (χ0) is 32.0. The van der Waals surface area contributed by atoms with Crippen molar-refractivity contribution in [1.29, 1.82) is 0 Å². The van der Waals surface area contributed by atoms with E-state index in [-0.39, 0.29) is 37.6 Å². The van der Waals surface area contributed by atoms with Gasteiger partial charge >= 0.3 is 0 Å². The Labute approximate surface area is 271 Å². The van der Waals surface area contributed by atoms with Gasteiger partial charge in [0.25, 0.3) is 0 Å². The van der Waals surface area contributed by atoms with Crippen LogP contribution in [0.1, 0.15) is 42.5 Å². The van der Waals surface area contributed by atoms with Gasteiger partial charge in [-0.05, 0) is 60.7 Å². The molecule has 2 unspecified atom stereocenters. The van der Waals surface area contributed by atoms with Crippen molar-refractivity contribution in [2.24, 2.45) is 0 Å². The summed E-state index contributed by atoms with van der Waals surface area (Å²) in [6.45, 7) is 0.701. The molecule has 3 aromatic heterocycles. The number of amides is 2. The molecule has 1 aromatic carbocycles. The van der Waals surface area contributed by atoms with Gasteiger partial charge in [-0.2, -0.15) is 0 Å². The predicted octanol–water partition coefficient (Wildman–Crippen LogP) is 4.99. The van der Waals surface area contributed by atoms with Crippen molar-refractivity contribution >= 4 is 39.1 Å². The van der Waals surface area contributed by atoms with Crippen molar-refractivity contribution in [3.8, 4) is 21.8 Å². The lowest BCUT2D eigenvalue weighted by atomic mass is 9.97. The van der Waals surface area contributed by atoms with Gasteiger partial charge in [0.2, 0.25) is 11.8 Å². The molecule has 0 radical (unpaired) electrons. The number of benzene rings is 1. The molecule has 11 nitrogen and oxygen atoms in total. The van der Waals surface area contributed by atoms with Crippen LogP contribution in [0.5, 0.6) is 0 Å². The lowest BCUT2D eigenvalue weighted by Crippen LogP contribution is -2.43. The van der Waals surface area contributed by atoms with E-state index >= 15 is 0 Å². The molecular weight excluding hydrogens is 629 g/mol. The predicted molar refractivity (Wildman–Crippen MR) is 173 cm³/mol. The van der Waals surface area contributed by atoms with Crippen LogP contribution in [-0.2, 0) is 33.7 Å². The minimum absolute atomic E-state index is 0.0129. The molecular formula is C33H34N4O7S2. The average Bonchev–Trinajstić information content (AvgIpc) is 3.78. The number of nitrogens with zero attached hydrogens (tertiary/aromatic N) is 3. The van der Waals surface area contributed by atoms with Crippen LogP contribution in [0.25, 0.3) is 27.8 Å². The quantitative estimate of drug-likeness (QED) is 0.194. The van der Waals surface area contributed by atoms with Gasteiger partial charge in [0.15, 0.2) is 28.3 Å². The van der Waals surface area contributed by atoms with Crippen LogP contribution in [0.2, 0.25) is 0 Å². The highest BCUT2D eigenvalue weighted by Gasteiger charge is 2.50. The van der Waals surface area contributed by atoms with Gasteiger partial charge in [-0.1, -0.05) is 24.3 Å². The van der Waals surface area contributed by atoms with Gasteiger partial charge in [-0.15, -0.1) is 11.3 Å². The summed E-state index contributed by atoms with van der Waals surface area (Å²) in [5, 5.41) is 0. The van der Waals surface area contributed by atoms with E-state index in [0.29, 0.717) is 23.7 Å². The fraction of sp³-hybridized carbons (Fsp3) is 0.333. The van der Waals surface area contributed by atoms with Crippen LogP contribution in [0.4, 0.5) is 0 Å². The minimum Gasteiger partial charge on any atom is -0.444 e. The van der Waals surface area contributed by atoms with E-state index in [2.05, 4.69) is 15.4 Å². The molecule has 2 aliphatic rings. The van der Waals surface area contributed by atoms with Gasteiger partial charge in [0.05, 0.1) is 18.4 Å². The maximum Gasteiger partial charge on any atom is 0.246 e. The van der Waals surface area contributed by atoms with E-state index in [1.165, 1.54) is 28.7 Å². The monoisotopic (exact) mass is 662 g/mol. The number of hydrogen-bond donors (Lipinski definition) is 1. The zero-order valence-corrected chi connectivity index (χ0v) is 26.7. The maximum absolute atomic E-state index is 14.2. The number of sulfone groups is 1. The summed E-state index contributed by atoms with van der Waals surface area (Å²) < 4.78 is 37.8. The van der Waals surface area contributed by atoms with Crippen molar-refractivity contribution in [3.63, 3.8) is 0 Å². The Hall–Kier alpha value is -4.17. The number of rotatable bonds is 9. The van der Waals surface area contributed by atoms with Gasteiger partial charge in [0.1, 0.15) is 4.75 Å². The molecule has 0 aliphatic carbocycles. The van der Waals surface area contributed by atoms with Gasteiger partial charge in [-0.25, -0.2) is 23.7 Å². The molecule has 5 heterocycles. The number of carbonyl (C=O) groups is 2. The highest BCUT2D eigenvalue weighted by Crippen LogP contribution is 2.45. The molecule has 2 fully saturated rings. The van der Waals surface area contributed by atoms with Crippen LogP contribution < -0.4 is 5.48 Å². The standard InChI is InChI=1S/C33H34N4O7S2/c38-30(36-44-32-3-1-2-19-42-32)21-33(29-10-9-28(45-29)26-7-5-25(6-8-26)27-22-35-23-43-27)14-17-37(18-20-46(33,40)41)31(39)11-4-24-12-15-34-16-13-24/h4-13,15-16,22-23,32H,1-3,14,17-21H2,(H,36,38). The number of ether oxygens (including phenoxy) is 1. The van der Waals surface area contributed by atoms with E-state index in [1.54, 1.807) is 42.9 Å². The SMILES string of the molecule is O=C(CC1(c2ccc(-c3ccc(-c4cnco4)cc3)s2)CCN(C(=O)C=Cc2ccncc2)CCS1(=O)=O)NOC1CCCCO1. The number of oxazole rings is 1. The Balaban J connectivity index is 1.27. The summed E-state index contributed by atoms with van der Waals surface area (Å²) in [5.41, 5.74) is 5.01. The second kappa shape index (κ2) is 14.1. The van der Waals surface area contributed by atoms with Crippen LogP contribution in [0.15, 0.2) is 84.0 Å². The number of carbonyl (C=O) groups excluding carboxylic acids is 2. The number of pyridine rings is 1. The molecule has 2 atom stereocenters. The summed E-state index contributed by atoms with van der Waals surface area (Å²) in [5.74, 6) is -0.519. The number of aromatic nitrogens is 2. The smallest absolute Gasteiger partial charge is 0.246 e. The number of hydrogen-bond acceptors (Lipinski definition) is 10. The second-order valence-electron chi connectivity index (χ2n) is 11.2. The first-order chi connectivity index (χ1) is 22.3. The fourth-order valence-corrected chi connectivity index (χ4v) is 9.27. The molecule has 2 aliphatic heterocycles. The maximum atomic E-state index is 14.2. The first kappa shape index (κ1) is 31.8.